The summed E-state index contributed by atoms with van der Waals surface area (Å²) in [5.74, 6) is 1.57. The standard InChI is InChI=1S/C18H30N2/c1-15(2)11-16-6-8-17(9-7-16)13-20-10-4-5-18(14-20)12-19-3/h6-9,15,18-19H,4-5,10-14H2,1-3H3. The van der Waals surface area contributed by atoms with Crippen molar-refractivity contribution >= 4 is 0 Å². The first-order valence-electron chi connectivity index (χ1n) is 8.12. The van der Waals surface area contributed by atoms with Gasteiger partial charge >= 0.3 is 0 Å². The van der Waals surface area contributed by atoms with E-state index in [1.54, 1.807) is 0 Å². The highest BCUT2D eigenvalue weighted by molar-refractivity contribution is 5.22. The van der Waals surface area contributed by atoms with Crippen LogP contribution >= 0.6 is 0 Å². The van der Waals surface area contributed by atoms with Crippen LogP contribution in [0.1, 0.15) is 37.8 Å². The second-order valence-corrected chi connectivity index (χ2v) is 6.72. The minimum absolute atomic E-state index is 0.741. The van der Waals surface area contributed by atoms with E-state index in [4.69, 9.17) is 0 Å². The number of likely N-dealkylation sites (tertiary alicyclic amines) is 1. The van der Waals surface area contributed by atoms with E-state index in [-0.39, 0.29) is 0 Å². The van der Waals surface area contributed by atoms with Crippen LogP contribution in [0.15, 0.2) is 24.3 Å². The number of rotatable bonds is 6. The highest BCUT2D eigenvalue weighted by Gasteiger charge is 2.19. The highest BCUT2D eigenvalue weighted by atomic mass is 15.1. The fraction of sp³-hybridized carbons (Fsp3) is 0.667. The van der Waals surface area contributed by atoms with Crippen molar-refractivity contribution < 1.29 is 0 Å². The number of piperidine rings is 1. The lowest BCUT2D eigenvalue weighted by Crippen LogP contribution is -2.38. The van der Waals surface area contributed by atoms with Gasteiger partial charge in [0.25, 0.3) is 0 Å². The van der Waals surface area contributed by atoms with Gasteiger partial charge in [0.2, 0.25) is 0 Å². The second kappa shape index (κ2) is 7.80. The maximum Gasteiger partial charge on any atom is 0.0233 e. The van der Waals surface area contributed by atoms with Crippen molar-refractivity contribution in [3.8, 4) is 0 Å². The second-order valence-electron chi connectivity index (χ2n) is 6.72. The number of nitrogens with one attached hydrogen (secondary N) is 1. The molecule has 2 nitrogen and oxygen atoms in total. The third-order valence-corrected chi connectivity index (χ3v) is 4.17. The van der Waals surface area contributed by atoms with Gasteiger partial charge in [0.15, 0.2) is 0 Å². The molecule has 0 radical (unpaired) electrons. The molecule has 0 amide bonds. The first kappa shape index (κ1) is 15.5. The molecule has 0 saturated carbocycles. The SMILES string of the molecule is CNCC1CCCN(Cc2ccc(CC(C)C)cc2)C1. The molecule has 1 N–H and O–H groups in total. The molecule has 0 aromatic heterocycles. The Bertz CT molecular complexity index is 381. The summed E-state index contributed by atoms with van der Waals surface area (Å²) in [6.45, 7) is 9.33. The largest absolute Gasteiger partial charge is 0.319 e. The maximum absolute atomic E-state index is 3.32. The summed E-state index contributed by atoms with van der Waals surface area (Å²) < 4.78 is 0. The summed E-state index contributed by atoms with van der Waals surface area (Å²) in [5, 5.41) is 3.32. The van der Waals surface area contributed by atoms with Gasteiger partial charge in [-0.2, -0.15) is 0 Å². The normalized spacial score (nSPS) is 20.5. The Morgan fingerprint density at radius 3 is 2.55 bits per heavy atom. The van der Waals surface area contributed by atoms with Gasteiger partial charge in [0.05, 0.1) is 0 Å². The summed E-state index contributed by atoms with van der Waals surface area (Å²) >= 11 is 0. The third-order valence-electron chi connectivity index (χ3n) is 4.17. The van der Waals surface area contributed by atoms with Gasteiger partial charge in [-0.05, 0) is 62.4 Å². The van der Waals surface area contributed by atoms with Crippen LogP contribution in [-0.2, 0) is 13.0 Å². The molecule has 2 heteroatoms. The fourth-order valence-corrected chi connectivity index (χ4v) is 3.26. The number of hydrogen-bond acceptors (Lipinski definition) is 2. The average Bonchev–Trinajstić information content (AvgIpc) is 2.41. The lowest BCUT2D eigenvalue weighted by atomic mass is 9.97. The van der Waals surface area contributed by atoms with Crippen LogP contribution in [0.3, 0.4) is 0 Å². The van der Waals surface area contributed by atoms with Crippen LogP contribution in [0, 0.1) is 11.8 Å². The van der Waals surface area contributed by atoms with E-state index in [0.717, 1.165) is 24.9 Å². The number of nitrogens with zero attached hydrogens (tertiary/aromatic N) is 1. The quantitative estimate of drug-likeness (QED) is 0.856. The van der Waals surface area contributed by atoms with Crippen molar-refractivity contribution in [2.24, 2.45) is 11.8 Å². The Morgan fingerprint density at radius 2 is 1.90 bits per heavy atom. The molecule has 0 spiro atoms. The smallest absolute Gasteiger partial charge is 0.0233 e. The molecule has 1 aliphatic heterocycles. The third kappa shape index (κ3) is 4.92. The van der Waals surface area contributed by atoms with E-state index in [0.29, 0.717) is 0 Å². The predicted molar refractivity (Wildman–Crippen MR) is 86.9 cm³/mol. The minimum Gasteiger partial charge on any atom is -0.319 e. The first-order chi connectivity index (χ1) is 9.67. The summed E-state index contributed by atoms with van der Waals surface area (Å²) in [6, 6.07) is 9.26. The first-order valence-corrected chi connectivity index (χ1v) is 8.12. The van der Waals surface area contributed by atoms with Gasteiger partial charge in [-0.25, -0.2) is 0 Å². The van der Waals surface area contributed by atoms with Crippen molar-refractivity contribution in [1.82, 2.24) is 10.2 Å². The molecular formula is C18H30N2. The van der Waals surface area contributed by atoms with E-state index >= 15 is 0 Å². The minimum atomic E-state index is 0.741. The zero-order chi connectivity index (χ0) is 14.4. The molecule has 2 rings (SSSR count). The molecule has 20 heavy (non-hydrogen) atoms. The molecule has 1 heterocycles. The van der Waals surface area contributed by atoms with Gasteiger partial charge in [0, 0.05) is 13.1 Å². The van der Waals surface area contributed by atoms with Gasteiger partial charge in [-0.15, -0.1) is 0 Å². The van der Waals surface area contributed by atoms with Crippen molar-refractivity contribution in [2.75, 3.05) is 26.7 Å². The summed E-state index contributed by atoms with van der Waals surface area (Å²) in [6.07, 6.45) is 3.91. The van der Waals surface area contributed by atoms with Crippen molar-refractivity contribution in [3.63, 3.8) is 0 Å². The Morgan fingerprint density at radius 1 is 1.20 bits per heavy atom. The molecule has 1 aliphatic rings. The van der Waals surface area contributed by atoms with Gasteiger partial charge < -0.3 is 5.32 Å². The molecule has 112 valence electrons. The van der Waals surface area contributed by atoms with E-state index in [1.165, 1.54) is 43.5 Å². The summed E-state index contributed by atoms with van der Waals surface area (Å²) in [5.41, 5.74) is 2.93. The monoisotopic (exact) mass is 274 g/mol. The van der Waals surface area contributed by atoms with E-state index in [9.17, 15) is 0 Å². The van der Waals surface area contributed by atoms with Crippen LogP contribution in [-0.4, -0.2) is 31.6 Å². The Hall–Kier alpha value is -0.860. The molecule has 1 aromatic carbocycles. The van der Waals surface area contributed by atoms with Gasteiger partial charge in [-0.1, -0.05) is 38.1 Å². The van der Waals surface area contributed by atoms with Crippen molar-refractivity contribution in [3.05, 3.63) is 35.4 Å². The zero-order valence-electron chi connectivity index (χ0n) is 13.4. The van der Waals surface area contributed by atoms with E-state index in [2.05, 4.69) is 55.4 Å². The molecule has 0 aliphatic carbocycles. The summed E-state index contributed by atoms with van der Waals surface area (Å²) in [7, 11) is 2.06. The maximum atomic E-state index is 3.32. The average molecular weight is 274 g/mol. The molecule has 0 bridgehead atoms. The number of hydrogen-bond donors (Lipinski definition) is 1. The summed E-state index contributed by atoms with van der Waals surface area (Å²) in [4.78, 5) is 2.61. The van der Waals surface area contributed by atoms with Crippen molar-refractivity contribution in [1.29, 1.82) is 0 Å². The van der Waals surface area contributed by atoms with Crippen LogP contribution < -0.4 is 5.32 Å². The molecule has 1 saturated heterocycles. The lowest BCUT2D eigenvalue weighted by molar-refractivity contribution is 0.167. The van der Waals surface area contributed by atoms with Gasteiger partial charge in [-0.3, -0.25) is 4.90 Å². The number of benzene rings is 1. The molecule has 1 aromatic rings. The van der Waals surface area contributed by atoms with Crippen LogP contribution in [0.2, 0.25) is 0 Å². The lowest BCUT2D eigenvalue weighted by Gasteiger charge is -2.32. The Labute approximate surface area is 124 Å². The van der Waals surface area contributed by atoms with Crippen LogP contribution in [0.4, 0.5) is 0 Å². The topological polar surface area (TPSA) is 15.3 Å². The van der Waals surface area contributed by atoms with Crippen molar-refractivity contribution in [2.45, 2.75) is 39.7 Å². The fourth-order valence-electron chi connectivity index (χ4n) is 3.26. The van der Waals surface area contributed by atoms with E-state index < -0.39 is 0 Å². The molecular weight excluding hydrogens is 244 g/mol. The Balaban J connectivity index is 1.86. The molecule has 1 fully saturated rings. The highest BCUT2D eigenvalue weighted by Crippen LogP contribution is 2.18. The van der Waals surface area contributed by atoms with Crippen LogP contribution in [0.25, 0.3) is 0 Å². The zero-order valence-corrected chi connectivity index (χ0v) is 13.4. The Kier molecular flexibility index (Phi) is 6.06. The molecule has 1 unspecified atom stereocenters. The predicted octanol–water partition coefficient (Wildman–Crippen LogP) is 3.32. The molecule has 1 atom stereocenters. The van der Waals surface area contributed by atoms with Crippen LogP contribution in [0.5, 0.6) is 0 Å². The van der Waals surface area contributed by atoms with E-state index in [1.807, 2.05) is 0 Å². The van der Waals surface area contributed by atoms with Gasteiger partial charge in [0.1, 0.15) is 0 Å².